The van der Waals surface area contributed by atoms with Crippen molar-refractivity contribution in [2.24, 2.45) is 0 Å². The SMILES string of the molecule is COc1cc(NC(C#N)=C(C#N)C#N)ccc1C(=O)O. The minimum absolute atomic E-state index is 0.0404. The first-order valence-electron chi connectivity index (χ1n) is 5.20. The summed E-state index contributed by atoms with van der Waals surface area (Å²) in [5.74, 6) is -1.06. The molecule has 0 atom stereocenters. The zero-order valence-electron chi connectivity index (χ0n) is 10.3. The van der Waals surface area contributed by atoms with Crippen LogP contribution in [0.25, 0.3) is 0 Å². The van der Waals surface area contributed by atoms with Crippen molar-refractivity contribution in [3.8, 4) is 24.0 Å². The Labute approximate surface area is 114 Å². The normalized spacial score (nSPS) is 8.50. The number of nitriles is 3. The average Bonchev–Trinajstić information content (AvgIpc) is 2.46. The van der Waals surface area contributed by atoms with Gasteiger partial charge < -0.3 is 15.2 Å². The zero-order chi connectivity index (χ0) is 15.1. The molecule has 1 rings (SSSR count). The van der Waals surface area contributed by atoms with Crippen LogP contribution in [0.5, 0.6) is 5.75 Å². The van der Waals surface area contributed by atoms with Crippen molar-refractivity contribution in [2.45, 2.75) is 0 Å². The van der Waals surface area contributed by atoms with Gasteiger partial charge in [-0.2, -0.15) is 15.8 Å². The molecule has 2 N–H and O–H groups in total. The summed E-state index contributed by atoms with van der Waals surface area (Å²) in [5, 5.41) is 37.8. The van der Waals surface area contributed by atoms with Crippen LogP contribution in [-0.4, -0.2) is 18.2 Å². The molecule has 7 heteroatoms. The summed E-state index contributed by atoms with van der Waals surface area (Å²) >= 11 is 0. The molecule has 98 valence electrons. The van der Waals surface area contributed by atoms with Gasteiger partial charge in [0.1, 0.15) is 35.2 Å². The van der Waals surface area contributed by atoms with Crippen LogP contribution in [0.3, 0.4) is 0 Å². The van der Waals surface area contributed by atoms with Gasteiger partial charge in [-0.05, 0) is 12.1 Å². The molecule has 20 heavy (non-hydrogen) atoms. The van der Waals surface area contributed by atoms with Crippen LogP contribution >= 0.6 is 0 Å². The number of benzene rings is 1. The average molecular weight is 268 g/mol. The van der Waals surface area contributed by atoms with E-state index in [2.05, 4.69) is 5.32 Å². The molecule has 0 fully saturated rings. The second-order valence-corrected chi connectivity index (χ2v) is 3.43. The number of aromatic carboxylic acids is 1. The highest BCUT2D eigenvalue weighted by Gasteiger charge is 2.12. The van der Waals surface area contributed by atoms with Gasteiger partial charge in [0.05, 0.1) is 7.11 Å². The number of carboxylic acids is 1. The van der Waals surface area contributed by atoms with Gasteiger partial charge >= 0.3 is 5.97 Å². The Morgan fingerprint density at radius 3 is 2.35 bits per heavy atom. The molecule has 0 saturated carbocycles. The topological polar surface area (TPSA) is 130 Å². The number of allylic oxidation sites excluding steroid dienone is 2. The maximum Gasteiger partial charge on any atom is 0.339 e. The van der Waals surface area contributed by atoms with Crippen molar-refractivity contribution >= 4 is 11.7 Å². The zero-order valence-corrected chi connectivity index (χ0v) is 10.3. The quantitative estimate of drug-likeness (QED) is 0.793. The van der Waals surface area contributed by atoms with Gasteiger partial charge in [-0.1, -0.05) is 0 Å². The summed E-state index contributed by atoms with van der Waals surface area (Å²) in [6, 6.07) is 8.91. The largest absolute Gasteiger partial charge is 0.496 e. The number of nitrogens with zero attached hydrogens (tertiary/aromatic N) is 3. The molecule has 0 heterocycles. The molecule has 7 nitrogen and oxygen atoms in total. The highest BCUT2D eigenvalue weighted by Crippen LogP contribution is 2.24. The van der Waals surface area contributed by atoms with Crippen LogP contribution in [0, 0.1) is 34.0 Å². The Bertz CT molecular complexity index is 686. The van der Waals surface area contributed by atoms with Crippen molar-refractivity contribution in [3.05, 3.63) is 35.0 Å². The maximum atomic E-state index is 10.9. The molecule has 0 bridgehead atoms. The first-order chi connectivity index (χ1) is 9.57. The third-order valence-corrected chi connectivity index (χ3v) is 2.29. The molecule has 1 aromatic rings. The fourth-order valence-electron chi connectivity index (χ4n) is 1.37. The predicted molar refractivity (Wildman–Crippen MR) is 67.4 cm³/mol. The Morgan fingerprint density at radius 1 is 1.25 bits per heavy atom. The number of nitrogens with one attached hydrogen (secondary N) is 1. The third-order valence-electron chi connectivity index (χ3n) is 2.29. The molecular weight excluding hydrogens is 260 g/mol. The van der Waals surface area contributed by atoms with Crippen LogP contribution in [0.1, 0.15) is 10.4 Å². The summed E-state index contributed by atoms with van der Waals surface area (Å²) in [5.41, 5.74) is -0.304. The number of methoxy groups -OCH3 is 1. The molecule has 0 unspecified atom stereocenters. The van der Waals surface area contributed by atoms with Crippen LogP contribution in [0.4, 0.5) is 5.69 Å². The summed E-state index contributed by atoms with van der Waals surface area (Å²) in [4.78, 5) is 10.9. The molecule has 0 aliphatic rings. The van der Waals surface area contributed by atoms with E-state index in [4.69, 9.17) is 25.6 Å². The lowest BCUT2D eigenvalue weighted by Gasteiger charge is -2.09. The number of carboxylic acid groups (broad SMARTS) is 1. The minimum atomic E-state index is -1.15. The fourth-order valence-corrected chi connectivity index (χ4v) is 1.37. The van der Waals surface area contributed by atoms with Crippen molar-refractivity contribution in [1.29, 1.82) is 15.8 Å². The van der Waals surface area contributed by atoms with Gasteiger partial charge in [0.2, 0.25) is 0 Å². The number of carbonyl (C=O) groups is 1. The van der Waals surface area contributed by atoms with E-state index in [1.54, 1.807) is 18.2 Å². The molecule has 0 aliphatic heterocycles. The Morgan fingerprint density at radius 2 is 1.90 bits per heavy atom. The summed E-state index contributed by atoms with van der Waals surface area (Å²) < 4.78 is 4.93. The van der Waals surface area contributed by atoms with E-state index in [9.17, 15) is 4.79 Å². The number of hydrogen-bond acceptors (Lipinski definition) is 6. The Balaban J connectivity index is 3.22. The Kier molecular flexibility index (Phi) is 4.69. The van der Waals surface area contributed by atoms with Crippen LogP contribution in [0.2, 0.25) is 0 Å². The van der Waals surface area contributed by atoms with Gasteiger partial charge in [0.15, 0.2) is 5.57 Å². The van der Waals surface area contributed by atoms with E-state index in [1.807, 2.05) is 0 Å². The molecule has 0 aliphatic carbocycles. The molecule has 0 amide bonds. The van der Waals surface area contributed by atoms with Crippen LogP contribution in [-0.2, 0) is 0 Å². The highest BCUT2D eigenvalue weighted by molar-refractivity contribution is 5.91. The molecule has 0 spiro atoms. The van der Waals surface area contributed by atoms with E-state index < -0.39 is 5.97 Å². The van der Waals surface area contributed by atoms with Gasteiger partial charge in [-0.3, -0.25) is 0 Å². The van der Waals surface area contributed by atoms with Gasteiger partial charge in [0.25, 0.3) is 0 Å². The standard InChI is InChI=1S/C13H8N4O3/c1-20-12-4-9(2-3-10(12)13(18)19)17-11(7-16)8(5-14)6-15/h2-4,17H,1H3,(H,18,19). The van der Waals surface area contributed by atoms with Crippen LogP contribution in [0.15, 0.2) is 29.5 Å². The Hall–Kier alpha value is -3.50. The van der Waals surface area contributed by atoms with E-state index >= 15 is 0 Å². The summed E-state index contributed by atoms with van der Waals surface area (Å²) in [7, 11) is 1.31. The second kappa shape index (κ2) is 6.44. The molecule has 0 saturated heterocycles. The van der Waals surface area contributed by atoms with E-state index in [1.165, 1.54) is 25.3 Å². The monoisotopic (exact) mass is 268 g/mol. The van der Waals surface area contributed by atoms with E-state index in [-0.39, 0.29) is 22.6 Å². The number of anilines is 1. The second-order valence-electron chi connectivity index (χ2n) is 3.43. The number of hydrogen-bond donors (Lipinski definition) is 2. The van der Waals surface area contributed by atoms with Gasteiger partial charge in [-0.25, -0.2) is 4.79 Å². The van der Waals surface area contributed by atoms with E-state index in [0.717, 1.165) is 0 Å². The number of rotatable bonds is 4. The van der Waals surface area contributed by atoms with Crippen molar-refractivity contribution < 1.29 is 14.6 Å². The van der Waals surface area contributed by atoms with Crippen LogP contribution < -0.4 is 10.1 Å². The lowest BCUT2D eigenvalue weighted by atomic mass is 10.1. The lowest BCUT2D eigenvalue weighted by molar-refractivity contribution is 0.0693. The molecule has 0 aromatic heterocycles. The molecular formula is C13H8N4O3. The van der Waals surface area contributed by atoms with Crippen molar-refractivity contribution in [3.63, 3.8) is 0 Å². The van der Waals surface area contributed by atoms with Crippen molar-refractivity contribution in [2.75, 3.05) is 12.4 Å². The first kappa shape index (κ1) is 14.6. The van der Waals surface area contributed by atoms with Gasteiger partial charge in [-0.15, -0.1) is 0 Å². The third kappa shape index (κ3) is 3.04. The fraction of sp³-hybridized carbons (Fsp3) is 0.0769. The molecule has 1 aromatic carbocycles. The van der Waals surface area contributed by atoms with E-state index in [0.29, 0.717) is 5.69 Å². The maximum absolute atomic E-state index is 10.9. The smallest absolute Gasteiger partial charge is 0.339 e. The summed E-state index contributed by atoms with van der Waals surface area (Å²) in [6.07, 6.45) is 0. The predicted octanol–water partition coefficient (Wildman–Crippen LogP) is 1.63. The number of ether oxygens (including phenoxy) is 1. The first-order valence-corrected chi connectivity index (χ1v) is 5.20. The van der Waals surface area contributed by atoms with Gasteiger partial charge in [0, 0.05) is 11.8 Å². The minimum Gasteiger partial charge on any atom is -0.496 e. The lowest BCUT2D eigenvalue weighted by Crippen LogP contribution is -2.04. The highest BCUT2D eigenvalue weighted by atomic mass is 16.5. The summed E-state index contributed by atoms with van der Waals surface area (Å²) in [6.45, 7) is 0. The van der Waals surface area contributed by atoms with Crippen molar-refractivity contribution in [1.82, 2.24) is 0 Å². The molecule has 0 radical (unpaired) electrons.